The lowest BCUT2D eigenvalue weighted by molar-refractivity contribution is -0.120. The molecule has 84 valence electrons. The molecule has 1 aromatic rings. The number of benzene rings is 1. The molecule has 1 aliphatic rings. The topological polar surface area (TPSA) is 26.3 Å². The zero-order valence-corrected chi connectivity index (χ0v) is 9.53. The van der Waals surface area contributed by atoms with Gasteiger partial charge in [-0.2, -0.15) is 0 Å². The summed E-state index contributed by atoms with van der Waals surface area (Å²) in [7, 11) is 1.66. The van der Waals surface area contributed by atoms with Gasteiger partial charge in [-0.25, -0.2) is 0 Å². The predicted molar refractivity (Wildman–Crippen MR) is 63.9 cm³/mol. The van der Waals surface area contributed by atoms with E-state index in [-0.39, 0.29) is 5.92 Å². The zero-order chi connectivity index (χ0) is 11.5. The van der Waals surface area contributed by atoms with Crippen molar-refractivity contribution in [3.05, 3.63) is 42.0 Å². The predicted octanol–water partition coefficient (Wildman–Crippen LogP) is 2.87. The van der Waals surface area contributed by atoms with E-state index in [0.717, 1.165) is 24.2 Å². The number of ketones is 1. The van der Waals surface area contributed by atoms with Gasteiger partial charge in [0.25, 0.3) is 0 Å². The van der Waals surface area contributed by atoms with E-state index in [2.05, 4.69) is 6.58 Å². The molecule has 16 heavy (non-hydrogen) atoms. The number of hydrogen-bond acceptors (Lipinski definition) is 2. The first-order valence-corrected chi connectivity index (χ1v) is 5.56. The van der Waals surface area contributed by atoms with Gasteiger partial charge in [0.2, 0.25) is 0 Å². The quantitative estimate of drug-likeness (QED) is 0.726. The number of ether oxygens (including phenoxy) is 1. The average molecular weight is 216 g/mol. The number of allylic oxidation sites excluding steroid dienone is 1. The maximum absolute atomic E-state index is 11.8. The molecule has 0 heterocycles. The fraction of sp³-hybridized carbons (Fsp3) is 0.357. The average Bonchev–Trinajstić information content (AvgIpc) is 2.32. The van der Waals surface area contributed by atoms with Crippen molar-refractivity contribution in [1.82, 2.24) is 0 Å². The number of carbonyl (C=O) groups is 1. The molecular weight excluding hydrogens is 200 g/mol. The first-order valence-electron chi connectivity index (χ1n) is 5.56. The molecule has 0 radical (unpaired) electrons. The maximum Gasteiger partial charge on any atom is 0.140 e. The highest BCUT2D eigenvalue weighted by molar-refractivity contribution is 5.88. The summed E-state index contributed by atoms with van der Waals surface area (Å²) in [5, 5.41) is 0. The third-order valence-corrected chi connectivity index (χ3v) is 3.16. The fourth-order valence-corrected chi connectivity index (χ4v) is 2.30. The van der Waals surface area contributed by atoms with Crippen molar-refractivity contribution in [1.29, 1.82) is 0 Å². The number of Topliss-reactive ketones (excluding diaryl/α,β-unsaturated/α-hetero) is 1. The van der Waals surface area contributed by atoms with Crippen LogP contribution in [0.15, 0.2) is 30.9 Å². The Kier molecular flexibility index (Phi) is 3.09. The second-order valence-electron chi connectivity index (χ2n) is 4.11. The summed E-state index contributed by atoms with van der Waals surface area (Å²) < 4.78 is 5.20. The third kappa shape index (κ3) is 1.87. The lowest BCUT2D eigenvalue weighted by atomic mass is 9.80. The van der Waals surface area contributed by atoms with Crippen LogP contribution >= 0.6 is 0 Å². The molecule has 0 fully saturated rings. The lowest BCUT2D eigenvalue weighted by Crippen LogP contribution is -2.20. The van der Waals surface area contributed by atoms with Crippen LogP contribution in [0.4, 0.5) is 0 Å². The molecule has 0 spiro atoms. The number of fused-ring (bicyclic) bond motifs is 1. The summed E-state index contributed by atoms with van der Waals surface area (Å²) in [6.45, 7) is 3.72. The Hall–Kier alpha value is -1.57. The molecule has 2 nitrogen and oxygen atoms in total. The SMILES string of the molecule is C=CC[C@@H]1C(=O)CCc2cc(OC)ccc21. The smallest absolute Gasteiger partial charge is 0.140 e. The molecule has 2 heteroatoms. The fourth-order valence-electron chi connectivity index (χ4n) is 2.30. The van der Waals surface area contributed by atoms with Gasteiger partial charge >= 0.3 is 0 Å². The summed E-state index contributed by atoms with van der Waals surface area (Å²) in [5.74, 6) is 1.20. The zero-order valence-electron chi connectivity index (χ0n) is 9.53. The summed E-state index contributed by atoms with van der Waals surface area (Å²) in [5.41, 5.74) is 2.39. The molecule has 0 N–H and O–H groups in total. The van der Waals surface area contributed by atoms with Gasteiger partial charge in [0, 0.05) is 12.3 Å². The minimum absolute atomic E-state index is 0.00663. The first kappa shape index (κ1) is 10.9. The molecule has 2 rings (SSSR count). The third-order valence-electron chi connectivity index (χ3n) is 3.16. The van der Waals surface area contributed by atoms with Crippen molar-refractivity contribution in [3.63, 3.8) is 0 Å². The molecule has 0 aliphatic heterocycles. The molecule has 0 bridgehead atoms. The second-order valence-corrected chi connectivity index (χ2v) is 4.11. The van der Waals surface area contributed by atoms with Crippen LogP contribution in [0.5, 0.6) is 5.75 Å². The lowest BCUT2D eigenvalue weighted by Gasteiger charge is -2.23. The largest absolute Gasteiger partial charge is 0.497 e. The van der Waals surface area contributed by atoms with Crippen molar-refractivity contribution in [2.45, 2.75) is 25.2 Å². The Morgan fingerprint density at radius 1 is 1.50 bits per heavy atom. The highest BCUT2D eigenvalue weighted by atomic mass is 16.5. The molecule has 1 atom stereocenters. The van der Waals surface area contributed by atoms with Crippen molar-refractivity contribution < 1.29 is 9.53 Å². The van der Waals surface area contributed by atoms with Gasteiger partial charge in [0.15, 0.2) is 0 Å². The molecule has 1 aromatic carbocycles. The summed E-state index contributed by atoms with van der Waals surface area (Å²) >= 11 is 0. The van der Waals surface area contributed by atoms with E-state index < -0.39 is 0 Å². The Morgan fingerprint density at radius 3 is 3.00 bits per heavy atom. The van der Waals surface area contributed by atoms with Crippen LogP contribution < -0.4 is 4.74 Å². The van der Waals surface area contributed by atoms with E-state index in [1.807, 2.05) is 24.3 Å². The number of carbonyl (C=O) groups excluding carboxylic acids is 1. The normalized spacial score (nSPS) is 19.1. The van der Waals surface area contributed by atoms with Crippen molar-refractivity contribution >= 4 is 5.78 Å². The number of aryl methyl sites for hydroxylation is 1. The molecule has 1 aliphatic carbocycles. The van der Waals surface area contributed by atoms with E-state index in [9.17, 15) is 4.79 Å². The Bertz CT molecular complexity index is 421. The van der Waals surface area contributed by atoms with Gasteiger partial charge in [-0.1, -0.05) is 12.1 Å². The Labute approximate surface area is 95.9 Å². The number of methoxy groups -OCH3 is 1. The monoisotopic (exact) mass is 216 g/mol. The van der Waals surface area contributed by atoms with E-state index in [1.165, 1.54) is 5.56 Å². The Morgan fingerprint density at radius 2 is 2.31 bits per heavy atom. The molecule has 0 unspecified atom stereocenters. The van der Waals surface area contributed by atoms with E-state index in [0.29, 0.717) is 12.2 Å². The molecule has 0 amide bonds. The minimum Gasteiger partial charge on any atom is -0.497 e. The molecular formula is C14H16O2. The molecule has 0 saturated carbocycles. The molecule has 0 saturated heterocycles. The van der Waals surface area contributed by atoms with Crippen LogP contribution in [0.25, 0.3) is 0 Å². The van der Waals surface area contributed by atoms with Crippen LogP contribution in [-0.2, 0) is 11.2 Å². The van der Waals surface area contributed by atoms with Gasteiger partial charge in [-0.3, -0.25) is 4.79 Å². The van der Waals surface area contributed by atoms with E-state index in [4.69, 9.17) is 4.74 Å². The molecule has 0 aromatic heterocycles. The Balaban J connectivity index is 2.40. The van der Waals surface area contributed by atoms with Crippen molar-refractivity contribution in [3.8, 4) is 5.75 Å². The highest BCUT2D eigenvalue weighted by Crippen LogP contribution is 2.33. The van der Waals surface area contributed by atoms with Crippen LogP contribution in [0.2, 0.25) is 0 Å². The minimum atomic E-state index is 0.00663. The van der Waals surface area contributed by atoms with Gasteiger partial charge in [-0.15, -0.1) is 6.58 Å². The van der Waals surface area contributed by atoms with Crippen LogP contribution in [0.3, 0.4) is 0 Å². The van der Waals surface area contributed by atoms with Crippen LogP contribution in [-0.4, -0.2) is 12.9 Å². The maximum atomic E-state index is 11.8. The van der Waals surface area contributed by atoms with Crippen molar-refractivity contribution in [2.75, 3.05) is 7.11 Å². The summed E-state index contributed by atoms with van der Waals surface area (Å²) in [6.07, 6.45) is 4.03. The van der Waals surface area contributed by atoms with Gasteiger partial charge < -0.3 is 4.74 Å². The van der Waals surface area contributed by atoms with Crippen LogP contribution in [0.1, 0.15) is 29.9 Å². The summed E-state index contributed by atoms with van der Waals surface area (Å²) in [4.78, 5) is 11.8. The van der Waals surface area contributed by atoms with Crippen molar-refractivity contribution in [2.24, 2.45) is 0 Å². The van der Waals surface area contributed by atoms with Gasteiger partial charge in [0.05, 0.1) is 7.11 Å². The first-order chi connectivity index (χ1) is 7.76. The summed E-state index contributed by atoms with van der Waals surface area (Å²) in [6, 6.07) is 5.98. The van der Waals surface area contributed by atoms with Crippen LogP contribution in [0, 0.1) is 0 Å². The number of hydrogen-bond donors (Lipinski definition) is 0. The second kappa shape index (κ2) is 4.52. The standard InChI is InChI=1S/C14H16O2/c1-3-4-13-12-7-6-11(16-2)9-10(12)5-8-14(13)15/h3,6-7,9,13H,1,4-5,8H2,2H3/t13-/m0/s1. The van der Waals surface area contributed by atoms with Gasteiger partial charge in [-0.05, 0) is 36.1 Å². The highest BCUT2D eigenvalue weighted by Gasteiger charge is 2.26. The van der Waals surface area contributed by atoms with E-state index in [1.54, 1.807) is 7.11 Å². The number of rotatable bonds is 3. The van der Waals surface area contributed by atoms with Gasteiger partial charge in [0.1, 0.15) is 11.5 Å². The van der Waals surface area contributed by atoms with E-state index >= 15 is 0 Å².